The first-order valence-electron chi connectivity index (χ1n) is 4.60. The van der Waals surface area contributed by atoms with Crippen molar-refractivity contribution in [3.63, 3.8) is 0 Å². The van der Waals surface area contributed by atoms with Crippen LogP contribution in [0.25, 0.3) is 10.9 Å². The molecule has 1 atom stereocenters. The van der Waals surface area contributed by atoms with Gasteiger partial charge in [-0.1, -0.05) is 12.1 Å². The van der Waals surface area contributed by atoms with E-state index in [1.165, 1.54) is 16.5 Å². The summed E-state index contributed by atoms with van der Waals surface area (Å²) >= 11 is 0. The largest absolute Gasteiger partial charge is 0.373 e. The van der Waals surface area contributed by atoms with E-state index in [4.69, 9.17) is 4.74 Å². The average molecular weight is 173 g/mol. The standard InChI is InChI=1S/C11H11NO/c1-2-8(6-9-7-13-9)10-4-5-12-11(10)3-1/h1-5,9,12H,6-7H2. The third-order valence-corrected chi connectivity index (χ3v) is 2.54. The summed E-state index contributed by atoms with van der Waals surface area (Å²) in [6.07, 6.45) is 3.51. The highest BCUT2D eigenvalue weighted by molar-refractivity contribution is 5.82. The van der Waals surface area contributed by atoms with Crippen LogP contribution in [0.4, 0.5) is 0 Å². The third kappa shape index (κ3) is 1.23. The molecule has 3 rings (SSSR count). The Hall–Kier alpha value is -1.28. The van der Waals surface area contributed by atoms with Gasteiger partial charge in [-0.2, -0.15) is 0 Å². The first-order valence-corrected chi connectivity index (χ1v) is 4.60. The number of rotatable bonds is 2. The second-order valence-corrected chi connectivity index (χ2v) is 3.52. The molecule has 1 aliphatic heterocycles. The number of benzene rings is 1. The Morgan fingerprint density at radius 3 is 3.15 bits per heavy atom. The average Bonchev–Trinajstić information content (AvgIpc) is 2.83. The van der Waals surface area contributed by atoms with E-state index in [-0.39, 0.29) is 0 Å². The second-order valence-electron chi connectivity index (χ2n) is 3.52. The summed E-state index contributed by atoms with van der Waals surface area (Å²) in [6, 6.07) is 8.51. The Morgan fingerprint density at radius 2 is 2.31 bits per heavy atom. The van der Waals surface area contributed by atoms with Crippen LogP contribution in [0.3, 0.4) is 0 Å². The molecule has 13 heavy (non-hydrogen) atoms. The predicted molar refractivity (Wildman–Crippen MR) is 51.7 cm³/mol. The monoisotopic (exact) mass is 173 g/mol. The number of aromatic amines is 1. The maximum Gasteiger partial charge on any atom is 0.0850 e. The molecule has 1 N–H and O–H groups in total. The Morgan fingerprint density at radius 1 is 1.38 bits per heavy atom. The van der Waals surface area contributed by atoms with Gasteiger partial charge in [0.1, 0.15) is 0 Å². The van der Waals surface area contributed by atoms with Crippen LogP contribution in [0, 0.1) is 0 Å². The lowest BCUT2D eigenvalue weighted by Gasteiger charge is -1.99. The van der Waals surface area contributed by atoms with E-state index in [1.807, 2.05) is 6.20 Å². The molecule has 2 heteroatoms. The Kier molecular flexibility index (Phi) is 1.43. The van der Waals surface area contributed by atoms with E-state index >= 15 is 0 Å². The predicted octanol–water partition coefficient (Wildman–Crippen LogP) is 2.11. The first-order chi connectivity index (χ1) is 6.43. The summed E-state index contributed by atoms with van der Waals surface area (Å²) in [5.74, 6) is 0. The number of hydrogen-bond acceptors (Lipinski definition) is 1. The summed E-state index contributed by atoms with van der Waals surface area (Å²) in [5.41, 5.74) is 2.61. The Balaban J connectivity index is 2.09. The van der Waals surface area contributed by atoms with Gasteiger partial charge in [0, 0.05) is 23.5 Å². The number of aromatic nitrogens is 1. The molecule has 1 aliphatic rings. The molecule has 0 amide bonds. The second kappa shape index (κ2) is 2.60. The van der Waals surface area contributed by atoms with Gasteiger partial charge >= 0.3 is 0 Å². The van der Waals surface area contributed by atoms with Crippen molar-refractivity contribution in [3.8, 4) is 0 Å². The molecule has 0 saturated carbocycles. The number of nitrogens with one attached hydrogen (secondary N) is 1. The molecule has 1 unspecified atom stereocenters. The zero-order valence-electron chi connectivity index (χ0n) is 7.29. The lowest BCUT2D eigenvalue weighted by atomic mass is 10.1. The summed E-state index contributed by atoms with van der Waals surface area (Å²) in [4.78, 5) is 3.21. The van der Waals surface area contributed by atoms with E-state index in [0.717, 1.165) is 13.0 Å². The summed E-state index contributed by atoms with van der Waals surface area (Å²) < 4.78 is 5.23. The van der Waals surface area contributed by atoms with Gasteiger partial charge in [-0.15, -0.1) is 0 Å². The molecule has 1 aromatic carbocycles. The van der Waals surface area contributed by atoms with Crippen molar-refractivity contribution < 1.29 is 4.74 Å². The highest BCUT2D eigenvalue weighted by Crippen LogP contribution is 2.22. The molecule has 2 nitrogen and oxygen atoms in total. The van der Waals surface area contributed by atoms with Crippen LogP contribution < -0.4 is 0 Å². The van der Waals surface area contributed by atoms with Gasteiger partial charge in [0.15, 0.2) is 0 Å². The summed E-state index contributed by atoms with van der Waals surface area (Å²) in [7, 11) is 0. The highest BCUT2D eigenvalue weighted by atomic mass is 16.6. The van der Waals surface area contributed by atoms with Crippen LogP contribution in [0.1, 0.15) is 5.56 Å². The Bertz CT molecular complexity index is 428. The van der Waals surface area contributed by atoms with Gasteiger partial charge in [0.05, 0.1) is 12.7 Å². The molecule has 2 heterocycles. The zero-order chi connectivity index (χ0) is 8.67. The van der Waals surface area contributed by atoms with Crippen molar-refractivity contribution in [1.82, 2.24) is 4.98 Å². The minimum Gasteiger partial charge on any atom is -0.373 e. The van der Waals surface area contributed by atoms with Gasteiger partial charge in [0.2, 0.25) is 0 Å². The van der Waals surface area contributed by atoms with Gasteiger partial charge in [-0.25, -0.2) is 0 Å². The molecular formula is C11H11NO. The third-order valence-electron chi connectivity index (χ3n) is 2.54. The fourth-order valence-corrected chi connectivity index (χ4v) is 1.76. The van der Waals surface area contributed by atoms with Crippen LogP contribution in [0.5, 0.6) is 0 Å². The molecule has 0 radical (unpaired) electrons. The molecule has 1 saturated heterocycles. The maximum absolute atomic E-state index is 5.23. The summed E-state index contributed by atoms with van der Waals surface area (Å²) in [6.45, 7) is 0.931. The topological polar surface area (TPSA) is 28.3 Å². The van der Waals surface area contributed by atoms with Gasteiger partial charge < -0.3 is 9.72 Å². The highest BCUT2D eigenvalue weighted by Gasteiger charge is 2.23. The van der Waals surface area contributed by atoms with Crippen LogP contribution in [0.15, 0.2) is 30.5 Å². The van der Waals surface area contributed by atoms with E-state index in [9.17, 15) is 0 Å². The Labute approximate surface area is 76.5 Å². The number of hydrogen-bond donors (Lipinski definition) is 1. The van der Waals surface area contributed by atoms with Crippen molar-refractivity contribution in [1.29, 1.82) is 0 Å². The molecule has 1 aromatic heterocycles. The van der Waals surface area contributed by atoms with E-state index in [2.05, 4.69) is 29.2 Å². The molecule has 2 aromatic rings. The molecular weight excluding hydrogens is 162 g/mol. The molecule has 0 aliphatic carbocycles. The van der Waals surface area contributed by atoms with E-state index in [0.29, 0.717) is 6.10 Å². The van der Waals surface area contributed by atoms with Crippen LogP contribution >= 0.6 is 0 Å². The van der Waals surface area contributed by atoms with Crippen LogP contribution in [-0.2, 0) is 11.2 Å². The van der Waals surface area contributed by atoms with Crippen molar-refractivity contribution >= 4 is 10.9 Å². The fraction of sp³-hybridized carbons (Fsp3) is 0.273. The quantitative estimate of drug-likeness (QED) is 0.692. The van der Waals surface area contributed by atoms with Gasteiger partial charge in [-0.05, 0) is 17.7 Å². The van der Waals surface area contributed by atoms with E-state index < -0.39 is 0 Å². The van der Waals surface area contributed by atoms with Crippen LogP contribution in [0.2, 0.25) is 0 Å². The minimum atomic E-state index is 0.473. The summed E-state index contributed by atoms with van der Waals surface area (Å²) in [5, 5.41) is 1.33. The van der Waals surface area contributed by atoms with E-state index in [1.54, 1.807) is 0 Å². The molecule has 0 bridgehead atoms. The van der Waals surface area contributed by atoms with Gasteiger partial charge in [0.25, 0.3) is 0 Å². The smallest absolute Gasteiger partial charge is 0.0850 e. The fourth-order valence-electron chi connectivity index (χ4n) is 1.76. The van der Waals surface area contributed by atoms with Crippen LogP contribution in [-0.4, -0.2) is 17.7 Å². The molecule has 66 valence electrons. The molecule has 1 fully saturated rings. The first kappa shape index (κ1) is 7.15. The lowest BCUT2D eigenvalue weighted by Crippen LogP contribution is -1.92. The number of H-pyrrole nitrogens is 1. The number of epoxide rings is 1. The maximum atomic E-state index is 5.23. The normalized spacial score (nSPS) is 20.8. The molecule has 0 spiro atoms. The number of fused-ring (bicyclic) bond motifs is 1. The number of ether oxygens (including phenoxy) is 1. The van der Waals surface area contributed by atoms with Crippen molar-refractivity contribution in [2.45, 2.75) is 12.5 Å². The van der Waals surface area contributed by atoms with Gasteiger partial charge in [-0.3, -0.25) is 0 Å². The van der Waals surface area contributed by atoms with Crippen molar-refractivity contribution in [2.75, 3.05) is 6.61 Å². The van der Waals surface area contributed by atoms with Crippen molar-refractivity contribution in [3.05, 3.63) is 36.0 Å². The minimum absolute atomic E-state index is 0.473. The van der Waals surface area contributed by atoms with Crippen molar-refractivity contribution in [2.24, 2.45) is 0 Å². The zero-order valence-corrected chi connectivity index (χ0v) is 7.29. The SMILES string of the molecule is c1cc(CC2CO2)c2cc[nH]c2c1. The lowest BCUT2D eigenvalue weighted by molar-refractivity contribution is 0.408.